The molecule has 0 aliphatic rings. The number of aliphatic hydroxyl groups is 1. The van der Waals surface area contributed by atoms with Crippen LogP contribution in [0.5, 0.6) is 0 Å². The van der Waals surface area contributed by atoms with Gasteiger partial charge in [0, 0.05) is 18.1 Å². The Morgan fingerprint density at radius 2 is 1.62 bits per heavy atom. The fourth-order valence-corrected chi connectivity index (χ4v) is 2.57. The van der Waals surface area contributed by atoms with E-state index in [1.807, 2.05) is 0 Å². The van der Waals surface area contributed by atoms with Gasteiger partial charge in [-0.15, -0.1) is 5.10 Å². The first-order chi connectivity index (χ1) is 12.2. The Morgan fingerprint density at radius 3 is 2.19 bits per heavy atom. The summed E-state index contributed by atoms with van der Waals surface area (Å²) in [4.78, 5) is 0. The third-order valence-corrected chi connectivity index (χ3v) is 3.88. The zero-order chi connectivity index (χ0) is 18.9. The topological polar surface area (TPSA) is 63.8 Å². The maximum absolute atomic E-state index is 15.0. The van der Waals surface area contributed by atoms with Gasteiger partial charge < -0.3 is 5.11 Å². The van der Waals surface area contributed by atoms with Crippen molar-refractivity contribution in [1.82, 2.24) is 20.2 Å². The molecule has 1 N–H and O–H groups in total. The molecule has 3 aromatic rings. The second-order valence-corrected chi connectivity index (χ2v) is 5.58. The normalized spacial score (nSPS) is 14.2. The summed E-state index contributed by atoms with van der Waals surface area (Å²) in [7, 11) is 0. The smallest absolute Gasteiger partial charge is 0.377 e. The minimum absolute atomic E-state index is 0.0285. The van der Waals surface area contributed by atoms with Gasteiger partial charge in [-0.3, -0.25) is 0 Å². The van der Waals surface area contributed by atoms with E-state index in [1.165, 1.54) is 0 Å². The van der Waals surface area contributed by atoms with Crippen LogP contribution in [-0.4, -0.2) is 25.3 Å². The number of tetrazole rings is 1. The molecule has 5 nitrogen and oxygen atoms in total. The highest BCUT2D eigenvalue weighted by molar-refractivity contribution is 5.30. The Kier molecular flexibility index (Phi) is 4.45. The van der Waals surface area contributed by atoms with E-state index in [0.717, 1.165) is 30.3 Å². The third kappa shape index (κ3) is 3.03. The number of hydrogen-bond acceptors (Lipinski definition) is 4. The predicted octanol–water partition coefficient (Wildman–Crippen LogP) is 2.77. The van der Waals surface area contributed by atoms with Crippen molar-refractivity contribution in [3.8, 4) is 0 Å². The number of rotatable bonds is 5. The molecule has 1 atom stereocenters. The zero-order valence-corrected chi connectivity index (χ0v) is 13.0. The van der Waals surface area contributed by atoms with E-state index in [1.54, 1.807) is 0 Å². The molecule has 0 spiro atoms. The van der Waals surface area contributed by atoms with Crippen molar-refractivity contribution in [2.45, 2.75) is 18.1 Å². The van der Waals surface area contributed by atoms with Crippen LogP contribution in [0.25, 0.3) is 0 Å². The molecule has 1 aromatic heterocycles. The molecule has 0 aliphatic carbocycles. The van der Waals surface area contributed by atoms with E-state index in [0.29, 0.717) is 18.5 Å². The van der Waals surface area contributed by atoms with Crippen molar-refractivity contribution in [3.63, 3.8) is 0 Å². The monoisotopic (exact) mass is 370 g/mol. The number of benzene rings is 2. The SMILES string of the molecule is OC(Cc1ccc(F)cc1)(c1ccc(F)cc1F)C(F)(F)n1cnnn1. The quantitative estimate of drug-likeness (QED) is 0.702. The van der Waals surface area contributed by atoms with Gasteiger partial charge >= 0.3 is 6.05 Å². The van der Waals surface area contributed by atoms with Gasteiger partial charge in [0.15, 0.2) is 5.60 Å². The van der Waals surface area contributed by atoms with Crippen LogP contribution in [0.15, 0.2) is 48.8 Å². The van der Waals surface area contributed by atoms with E-state index in [2.05, 4.69) is 15.5 Å². The molecule has 2 aromatic carbocycles. The number of halogens is 5. The first-order valence-corrected chi connectivity index (χ1v) is 7.28. The molecule has 3 rings (SSSR count). The standard InChI is InChI=1S/C16H11F5N4O/c17-11-3-1-10(2-4-11)8-15(26,13-6-5-12(18)7-14(13)19)16(20,21)25-9-22-23-24-25/h1-7,9,26H,8H2. The highest BCUT2D eigenvalue weighted by Gasteiger charge is 2.57. The molecular formula is C16H11F5N4O. The van der Waals surface area contributed by atoms with Crippen molar-refractivity contribution in [1.29, 1.82) is 0 Å². The van der Waals surface area contributed by atoms with Gasteiger partial charge in [-0.2, -0.15) is 13.5 Å². The summed E-state index contributed by atoms with van der Waals surface area (Å²) in [5.74, 6) is -2.99. The second kappa shape index (κ2) is 6.45. The Bertz CT molecular complexity index is 902. The third-order valence-electron chi connectivity index (χ3n) is 3.88. The lowest BCUT2D eigenvalue weighted by molar-refractivity contribution is -0.250. The summed E-state index contributed by atoms with van der Waals surface area (Å²) in [6.45, 7) is 0. The summed E-state index contributed by atoms with van der Waals surface area (Å²) < 4.78 is 70.5. The van der Waals surface area contributed by atoms with Crippen LogP contribution in [0.1, 0.15) is 11.1 Å². The summed E-state index contributed by atoms with van der Waals surface area (Å²) >= 11 is 0. The minimum atomic E-state index is -4.20. The van der Waals surface area contributed by atoms with Crippen molar-refractivity contribution >= 4 is 0 Å². The number of hydrogen-bond donors (Lipinski definition) is 1. The lowest BCUT2D eigenvalue weighted by Crippen LogP contribution is -2.50. The first kappa shape index (κ1) is 17.9. The van der Waals surface area contributed by atoms with Crippen LogP contribution >= 0.6 is 0 Å². The molecule has 0 bridgehead atoms. The molecule has 0 saturated carbocycles. The highest BCUT2D eigenvalue weighted by Crippen LogP contribution is 2.44. The highest BCUT2D eigenvalue weighted by atomic mass is 19.3. The summed E-state index contributed by atoms with van der Waals surface area (Å²) in [5, 5.41) is 20.1. The Balaban J connectivity index is 2.16. The van der Waals surface area contributed by atoms with Crippen molar-refractivity contribution < 1.29 is 27.1 Å². The maximum Gasteiger partial charge on any atom is 0.379 e. The fourth-order valence-electron chi connectivity index (χ4n) is 2.57. The Labute approximate surface area is 143 Å². The van der Waals surface area contributed by atoms with Crippen LogP contribution in [0.2, 0.25) is 0 Å². The van der Waals surface area contributed by atoms with Gasteiger partial charge in [-0.05, 0) is 40.3 Å². The van der Waals surface area contributed by atoms with E-state index >= 15 is 8.78 Å². The molecule has 0 saturated heterocycles. The van der Waals surface area contributed by atoms with Gasteiger partial charge in [-0.1, -0.05) is 12.1 Å². The predicted molar refractivity (Wildman–Crippen MR) is 78.4 cm³/mol. The lowest BCUT2D eigenvalue weighted by atomic mass is 9.84. The van der Waals surface area contributed by atoms with Crippen LogP contribution in [0, 0.1) is 17.5 Å². The molecule has 10 heteroatoms. The number of nitrogens with zero attached hydrogens (tertiary/aromatic N) is 4. The second-order valence-electron chi connectivity index (χ2n) is 5.58. The van der Waals surface area contributed by atoms with Crippen LogP contribution in [0.4, 0.5) is 22.0 Å². The summed E-state index contributed by atoms with van der Waals surface area (Å²) in [6, 6.07) is 1.97. The molecule has 136 valence electrons. The van der Waals surface area contributed by atoms with Gasteiger partial charge in [-0.25, -0.2) is 13.2 Å². The van der Waals surface area contributed by atoms with Crippen molar-refractivity contribution in [3.05, 3.63) is 77.4 Å². The summed E-state index contributed by atoms with van der Waals surface area (Å²) in [5.41, 5.74) is -3.95. The molecule has 0 fully saturated rings. The van der Waals surface area contributed by atoms with Crippen molar-refractivity contribution in [2.24, 2.45) is 0 Å². The minimum Gasteiger partial charge on any atom is -0.377 e. The molecule has 26 heavy (non-hydrogen) atoms. The Morgan fingerprint density at radius 1 is 0.962 bits per heavy atom. The zero-order valence-electron chi connectivity index (χ0n) is 13.0. The first-order valence-electron chi connectivity index (χ1n) is 7.28. The number of alkyl halides is 2. The van der Waals surface area contributed by atoms with Gasteiger partial charge in [0.25, 0.3) is 0 Å². The molecular weight excluding hydrogens is 359 g/mol. The summed E-state index contributed by atoms with van der Waals surface area (Å²) in [6.07, 6.45) is -0.264. The molecule has 0 aliphatic heterocycles. The maximum atomic E-state index is 15.0. The average molecular weight is 370 g/mol. The molecule has 1 heterocycles. The molecule has 0 amide bonds. The largest absolute Gasteiger partial charge is 0.379 e. The molecule has 0 radical (unpaired) electrons. The molecule has 1 unspecified atom stereocenters. The number of aromatic nitrogens is 4. The van der Waals surface area contributed by atoms with Crippen LogP contribution in [-0.2, 0) is 18.1 Å². The van der Waals surface area contributed by atoms with E-state index < -0.39 is 41.1 Å². The van der Waals surface area contributed by atoms with E-state index in [9.17, 15) is 18.3 Å². The van der Waals surface area contributed by atoms with Crippen molar-refractivity contribution in [2.75, 3.05) is 0 Å². The van der Waals surface area contributed by atoms with Crippen LogP contribution in [0.3, 0.4) is 0 Å². The Hall–Kier alpha value is -2.88. The van der Waals surface area contributed by atoms with Gasteiger partial charge in [0.1, 0.15) is 23.8 Å². The van der Waals surface area contributed by atoms with E-state index in [-0.39, 0.29) is 10.2 Å². The lowest BCUT2D eigenvalue weighted by Gasteiger charge is -2.35. The van der Waals surface area contributed by atoms with Gasteiger partial charge in [0.05, 0.1) is 0 Å². The fraction of sp³-hybridized carbons (Fsp3) is 0.188. The van der Waals surface area contributed by atoms with Gasteiger partial charge in [0.2, 0.25) is 0 Å². The van der Waals surface area contributed by atoms with E-state index in [4.69, 9.17) is 0 Å². The average Bonchev–Trinajstić information content (AvgIpc) is 3.12. The van der Waals surface area contributed by atoms with Crippen LogP contribution < -0.4 is 0 Å².